The van der Waals surface area contributed by atoms with Crippen molar-refractivity contribution in [1.29, 1.82) is 0 Å². The lowest BCUT2D eigenvalue weighted by Crippen LogP contribution is -2.45. The summed E-state index contributed by atoms with van der Waals surface area (Å²) in [4.78, 5) is 30.6. The first kappa shape index (κ1) is 30.5. The number of fused-ring (bicyclic) bond motifs is 1. The number of aromatic hydroxyl groups is 1. The molecule has 4 heterocycles. The Bertz CT molecular complexity index is 1630. The number of aliphatic hydroxyl groups is 1. The molecule has 1 atom stereocenters. The van der Waals surface area contributed by atoms with E-state index in [4.69, 9.17) is 4.74 Å². The topological polar surface area (TPSA) is 137 Å². The van der Waals surface area contributed by atoms with Crippen LogP contribution in [0.2, 0.25) is 0 Å². The largest absolute Gasteiger partial charge is 0.493 e. The number of nitrogens with zero attached hydrogens (tertiary/aromatic N) is 7. The predicted octanol–water partition coefficient (Wildman–Crippen LogP) is 2.55. The van der Waals surface area contributed by atoms with Crippen LogP contribution >= 0.6 is 0 Å². The van der Waals surface area contributed by atoms with Gasteiger partial charge in [-0.15, -0.1) is 0 Å². The number of carbonyl (C=O) groups excluding carboxylic acids is 1. The number of rotatable bonds is 11. The lowest BCUT2D eigenvalue weighted by Gasteiger charge is -2.32. The average molecular weight is 591 g/mol. The summed E-state index contributed by atoms with van der Waals surface area (Å²) in [5.41, 5.74) is 4.05. The van der Waals surface area contributed by atoms with Gasteiger partial charge in [-0.05, 0) is 57.0 Å². The normalized spacial score (nSPS) is 15.8. The van der Waals surface area contributed by atoms with Gasteiger partial charge in [0, 0.05) is 70.2 Å². The van der Waals surface area contributed by atoms with Gasteiger partial charge < -0.3 is 29.4 Å². The summed E-state index contributed by atoms with van der Waals surface area (Å²) in [5.74, 6) is 0.550. The molecule has 1 saturated heterocycles. The first-order chi connectivity index (χ1) is 20.7. The number of benzene rings is 1. The number of amides is 1. The fourth-order valence-electron chi connectivity index (χ4n) is 5.41. The van der Waals surface area contributed by atoms with E-state index < -0.39 is 5.91 Å². The van der Waals surface area contributed by atoms with Crippen LogP contribution < -0.4 is 10.4 Å². The highest BCUT2D eigenvalue weighted by molar-refractivity contribution is 5.96. The van der Waals surface area contributed by atoms with Crippen molar-refractivity contribution in [2.45, 2.75) is 33.2 Å². The molecule has 5 rings (SSSR count). The maximum absolute atomic E-state index is 13.5. The molecule has 1 aromatic carbocycles. The summed E-state index contributed by atoms with van der Waals surface area (Å²) < 4.78 is 9.53. The maximum atomic E-state index is 13.5. The fourth-order valence-corrected chi connectivity index (χ4v) is 5.41. The average Bonchev–Trinajstić information content (AvgIpc) is 3.50. The molecule has 230 valence electrons. The molecule has 0 spiro atoms. The minimum atomic E-state index is -0.429. The van der Waals surface area contributed by atoms with Crippen LogP contribution in [0, 0.1) is 12.8 Å². The second kappa shape index (κ2) is 13.5. The second-order valence-electron chi connectivity index (χ2n) is 11.5. The monoisotopic (exact) mass is 590 g/mol. The van der Waals surface area contributed by atoms with E-state index in [2.05, 4.69) is 43.8 Å². The Balaban J connectivity index is 1.44. The van der Waals surface area contributed by atoms with E-state index >= 15 is 0 Å². The fraction of sp³-hybridized carbons (Fsp3) is 0.484. The zero-order chi connectivity index (χ0) is 30.5. The van der Waals surface area contributed by atoms with E-state index in [1.807, 2.05) is 22.8 Å². The summed E-state index contributed by atoms with van der Waals surface area (Å²) in [5, 5.41) is 23.8. The minimum absolute atomic E-state index is 0.0275. The van der Waals surface area contributed by atoms with Crippen molar-refractivity contribution in [2.75, 3.05) is 53.0 Å². The molecular weight excluding hydrogens is 548 g/mol. The summed E-state index contributed by atoms with van der Waals surface area (Å²) in [7, 11) is 3.79. The summed E-state index contributed by atoms with van der Waals surface area (Å²) in [6, 6.07) is 9.20. The molecular formula is C31H42N8O4. The molecule has 12 heteroatoms. The molecule has 0 bridgehead atoms. The van der Waals surface area contributed by atoms with E-state index in [1.165, 1.54) is 10.9 Å². The lowest BCUT2D eigenvalue weighted by atomic mass is 10.1. The quantitative estimate of drug-likeness (QED) is 0.243. The van der Waals surface area contributed by atoms with Crippen molar-refractivity contribution >= 4 is 16.9 Å². The number of ether oxygens (including phenoxy) is 1. The Morgan fingerprint density at radius 1 is 1.16 bits per heavy atom. The number of pyridine rings is 1. The number of imidazole rings is 1. The number of piperazine rings is 1. The van der Waals surface area contributed by atoms with Crippen LogP contribution in [0.25, 0.3) is 22.3 Å². The number of H-pyrrole nitrogens is 1. The number of aryl methyl sites for hydroxylation is 2. The first-order valence-corrected chi connectivity index (χ1v) is 14.9. The van der Waals surface area contributed by atoms with Gasteiger partial charge in [0.15, 0.2) is 0 Å². The highest BCUT2D eigenvalue weighted by atomic mass is 16.5. The Morgan fingerprint density at radius 3 is 2.67 bits per heavy atom. The van der Waals surface area contributed by atoms with Crippen LogP contribution in [-0.2, 0) is 13.6 Å². The Kier molecular flexibility index (Phi) is 9.59. The van der Waals surface area contributed by atoms with Crippen molar-refractivity contribution in [3.05, 3.63) is 53.4 Å². The van der Waals surface area contributed by atoms with Crippen molar-refractivity contribution in [3.8, 4) is 22.9 Å². The number of nitrogens with one attached hydrogen (secondary N) is 1. The van der Waals surface area contributed by atoms with Crippen molar-refractivity contribution in [3.63, 3.8) is 0 Å². The molecule has 0 radical (unpaired) electrons. The SMILES string of the molecule is Cc1cc(C(=O)/N=c2\[nH]c3ccc(OCCN4CCN(C)CC4)cc3n2C[C@H](C)CCCO)cc(-c2cnn(C)c2O)n1. The molecule has 43 heavy (non-hydrogen) atoms. The maximum Gasteiger partial charge on any atom is 0.280 e. The number of aromatic amines is 1. The summed E-state index contributed by atoms with van der Waals surface area (Å²) in [6.45, 7) is 10.4. The number of carbonyl (C=O) groups is 1. The van der Waals surface area contributed by atoms with Gasteiger partial charge in [0.1, 0.15) is 12.4 Å². The second-order valence-corrected chi connectivity index (χ2v) is 11.5. The molecule has 1 aliphatic rings. The number of likely N-dealkylation sites (N-methyl/N-ethyl adjacent to an activating group) is 1. The number of hydrogen-bond donors (Lipinski definition) is 3. The molecule has 4 aromatic rings. The van der Waals surface area contributed by atoms with E-state index in [1.54, 1.807) is 26.1 Å². The van der Waals surface area contributed by atoms with E-state index in [-0.39, 0.29) is 18.4 Å². The van der Waals surface area contributed by atoms with Crippen LogP contribution in [0.15, 0.2) is 41.5 Å². The van der Waals surface area contributed by atoms with Gasteiger partial charge in [0.05, 0.1) is 28.5 Å². The van der Waals surface area contributed by atoms with Crippen LogP contribution in [0.3, 0.4) is 0 Å². The summed E-state index contributed by atoms with van der Waals surface area (Å²) in [6.07, 6.45) is 3.06. The number of aromatic nitrogens is 5. The molecule has 3 N–H and O–H groups in total. The van der Waals surface area contributed by atoms with Crippen LogP contribution in [-0.4, -0.2) is 103 Å². The molecule has 0 unspecified atom stereocenters. The van der Waals surface area contributed by atoms with Gasteiger partial charge in [-0.1, -0.05) is 6.92 Å². The predicted molar refractivity (Wildman–Crippen MR) is 164 cm³/mol. The number of aliphatic hydroxyl groups excluding tert-OH is 1. The molecule has 1 fully saturated rings. The van der Waals surface area contributed by atoms with Gasteiger partial charge in [-0.25, -0.2) is 4.68 Å². The Labute approximate surface area is 251 Å². The van der Waals surface area contributed by atoms with E-state index in [9.17, 15) is 15.0 Å². The van der Waals surface area contributed by atoms with Crippen LogP contribution in [0.1, 0.15) is 35.8 Å². The molecule has 3 aromatic heterocycles. The van der Waals surface area contributed by atoms with Crippen molar-refractivity contribution in [2.24, 2.45) is 18.0 Å². The third-order valence-corrected chi connectivity index (χ3v) is 7.97. The number of hydrogen-bond acceptors (Lipinski definition) is 8. The zero-order valence-corrected chi connectivity index (χ0v) is 25.5. The van der Waals surface area contributed by atoms with Crippen molar-refractivity contribution < 1.29 is 19.7 Å². The first-order valence-electron chi connectivity index (χ1n) is 14.9. The molecule has 0 saturated carbocycles. The molecule has 12 nitrogen and oxygen atoms in total. The molecule has 0 aliphatic carbocycles. The highest BCUT2D eigenvalue weighted by Gasteiger charge is 2.17. The minimum Gasteiger partial charge on any atom is -0.493 e. The smallest absolute Gasteiger partial charge is 0.280 e. The van der Waals surface area contributed by atoms with Crippen molar-refractivity contribution in [1.82, 2.24) is 34.1 Å². The molecule has 1 amide bonds. The zero-order valence-electron chi connectivity index (χ0n) is 25.5. The summed E-state index contributed by atoms with van der Waals surface area (Å²) >= 11 is 0. The van der Waals surface area contributed by atoms with Gasteiger partial charge in [-0.3, -0.25) is 14.7 Å². The van der Waals surface area contributed by atoms with Gasteiger partial charge >= 0.3 is 0 Å². The van der Waals surface area contributed by atoms with Crippen LogP contribution in [0.5, 0.6) is 11.6 Å². The van der Waals surface area contributed by atoms with Crippen LogP contribution in [0.4, 0.5) is 0 Å². The standard InChI is InChI=1S/C31H42N8O4/c1-21(6-5-14-40)20-39-28-18-24(43-15-13-38-11-9-36(3)10-12-38)7-8-26(28)34-31(39)35-29(41)23-16-22(2)33-27(17-23)25-19-32-37(4)30(25)42/h7-8,16-19,21,40,42H,5-6,9-15,20H2,1-4H3,(H,34,35,41)/t21-/m1/s1. The lowest BCUT2D eigenvalue weighted by molar-refractivity contribution is 0.0996. The molecule has 1 aliphatic heterocycles. The van der Waals surface area contributed by atoms with E-state index in [0.29, 0.717) is 47.7 Å². The van der Waals surface area contributed by atoms with Gasteiger partial charge in [0.25, 0.3) is 5.91 Å². The van der Waals surface area contributed by atoms with E-state index in [0.717, 1.165) is 55.9 Å². The third-order valence-electron chi connectivity index (χ3n) is 7.97. The van der Waals surface area contributed by atoms with Gasteiger partial charge in [0.2, 0.25) is 11.5 Å². The Morgan fingerprint density at radius 2 is 1.95 bits per heavy atom. The van der Waals surface area contributed by atoms with Gasteiger partial charge in [-0.2, -0.15) is 10.1 Å². The Hall–Kier alpha value is -4.00. The third kappa shape index (κ3) is 7.32. The highest BCUT2D eigenvalue weighted by Crippen LogP contribution is 2.28.